The van der Waals surface area contributed by atoms with Gasteiger partial charge in [-0.3, -0.25) is 0 Å². The largest absolute Gasteiger partial charge is 0.480 e. The average Bonchev–Trinajstić information content (AvgIpc) is 2.14. The summed E-state index contributed by atoms with van der Waals surface area (Å²) < 4.78 is 40.7. The summed E-state index contributed by atoms with van der Waals surface area (Å²) in [6, 6.07) is 1.73. The van der Waals surface area contributed by atoms with E-state index in [2.05, 4.69) is 9.72 Å². The Kier molecular flexibility index (Phi) is 3.13. The highest BCUT2D eigenvalue weighted by Crippen LogP contribution is 2.28. The molecule has 0 aliphatic heterocycles. The van der Waals surface area contributed by atoms with Crippen LogP contribution in [-0.4, -0.2) is 22.7 Å². The van der Waals surface area contributed by atoms with Crippen molar-refractivity contribution in [2.75, 3.05) is 6.61 Å². The molecule has 1 aromatic heterocycles. The summed E-state index contributed by atoms with van der Waals surface area (Å²) >= 11 is 0. The molecule has 0 radical (unpaired) electrons. The van der Waals surface area contributed by atoms with Crippen LogP contribution < -0.4 is 4.74 Å². The molecule has 0 saturated heterocycles. The molecule has 0 spiro atoms. The maximum atomic E-state index is 12.0. The van der Waals surface area contributed by atoms with E-state index in [1.165, 1.54) is 0 Å². The molecule has 0 fully saturated rings. The molecule has 0 aliphatic carbocycles. The van der Waals surface area contributed by atoms with Gasteiger partial charge in [-0.15, -0.1) is 0 Å². The summed E-state index contributed by atoms with van der Waals surface area (Å²) in [5, 5.41) is 8.23. The van der Waals surface area contributed by atoms with Gasteiger partial charge in [0.1, 0.15) is 11.4 Å². The first kappa shape index (κ1) is 11.3. The summed E-state index contributed by atoms with van der Waals surface area (Å²) in [4.78, 5) is 13.2. The van der Waals surface area contributed by atoms with E-state index in [4.69, 9.17) is 5.11 Å². The summed E-state index contributed by atoms with van der Waals surface area (Å²) in [5.74, 6) is -1.24. The van der Waals surface area contributed by atoms with Crippen LogP contribution in [0.15, 0.2) is 18.3 Å². The number of alkyl halides is 3. The standard InChI is InChI=1S/C8H6F3NO3/c9-8(10,11)6-2-1-5(3-12-6)15-4-7(13)14/h1-3H,4H2,(H,13,14). The van der Waals surface area contributed by atoms with Crippen LogP contribution in [0.4, 0.5) is 13.2 Å². The molecule has 0 amide bonds. The Labute approximate surface area is 82.3 Å². The number of hydrogen-bond acceptors (Lipinski definition) is 3. The van der Waals surface area contributed by atoms with E-state index in [0.717, 1.165) is 18.3 Å². The van der Waals surface area contributed by atoms with Crippen molar-refractivity contribution in [2.24, 2.45) is 0 Å². The van der Waals surface area contributed by atoms with Crippen molar-refractivity contribution in [2.45, 2.75) is 6.18 Å². The second-order valence-electron chi connectivity index (χ2n) is 2.56. The number of carboxylic acid groups (broad SMARTS) is 1. The van der Waals surface area contributed by atoms with Gasteiger partial charge in [-0.2, -0.15) is 13.2 Å². The quantitative estimate of drug-likeness (QED) is 0.841. The first-order chi connectivity index (χ1) is 6.89. The normalized spacial score (nSPS) is 11.1. The van der Waals surface area contributed by atoms with Crippen molar-refractivity contribution in [1.82, 2.24) is 4.98 Å². The lowest BCUT2D eigenvalue weighted by Gasteiger charge is -2.06. The minimum absolute atomic E-state index is 0.0228. The predicted molar refractivity (Wildman–Crippen MR) is 42.4 cm³/mol. The van der Waals surface area contributed by atoms with Gasteiger partial charge in [0.25, 0.3) is 0 Å². The number of ether oxygens (including phenoxy) is 1. The topological polar surface area (TPSA) is 59.4 Å². The molecule has 15 heavy (non-hydrogen) atoms. The van der Waals surface area contributed by atoms with Gasteiger partial charge in [-0.05, 0) is 12.1 Å². The van der Waals surface area contributed by atoms with Gasteiger partial charge in [0, 0.05) is 0 Å². The van der Waals surface area contributed by atoms with E-state index in [0.29, 0.717) is 0 Å². The van der Waals surface area contributed by atoms with E-state index < -0.39 is 24.4 Å². The smallest absolute Gasteiger partial charge is 0.433 e. The van der Waals surface area contributed by atoms with Gasteiger partial charge in [-0.25, -0.2) is 9.78 Å². The lowest BCUT2D eigenvalue weighted by molar-refractivity contribution is -0.141. The van der Waals surface area contributed by atoms with Crippen LogP contribution in [0.2, 0.25) is 0 Å². The Morgan fingerprint density at radius 1 is 1.47 bits per heavy atom. The summed E-state index contributed by atoms with van der Waals surface area (Å²) in [6.45, 7) is -0.618. The third-order valence-corrected chi connectivity index (χ3v) is 1.39. The fourth-order valence-corrected chi connectivity index (χ4v) is 0.778. The average molecular weight is 221 g/mol. The number of carbonyl (C=O) groups is 1. The van der Waals surface area contributed by atoms with Crippen LogP contribution in [0.5, 0.6) is 5.75 Å². The Hall–Kier alpha value is -1.79. The van der Waals surface area contributed by atoms with Crippen LogP contribution in [0.3, 0.4) is 0 Å². The minimum atomic E-state index is -4.51. The second-order valence-corrected chi connectivity index (χ2v) is 2.56. The van der Waals surface area contributed by atoms with Crippen molar-refractivity contribution >= 4 is 5.97 Å². The van der Waals surface area contributed by atoms with Gasteiger partial charge in [-0.1, -0.05) is 0 Å². The van der Waals surface area contributed by atoms with Crippen molar-refractivity contribution < 1.29 is 27.8 Å². The fourth-order valence-electron chi connectivity index (χ4n) is 0.778. The summed E-state index contributed by atoms with van der Waals surface area (Å²) in [7, 11) is 0. The monoisotopic (exact) mass is 221 g/mol. The van der Waals surface area contributed by atoms with Gasteiger partial charge < -0.3 is 9.84 Å². The highest BCUT2D eigenvalue weighted by atomic mass is 19.4. The number of nitrogens with zero attached hydrogens (tertiary/aromatic N) is 1. The van der Waals surface area contributed by atoms with E-state index >= 15 is 0 Å². The third kappa shape index (κ3) is 3.45. The molecule has 1 heterocycles. The van der Waals surface area contributed by atoms with Crippen LogP contribution in [0.25, 0.3) is 0 Å². The zero-order valence-corrected chi connectivity index (χ0v) is 7.28. The van der Waals surface area contributed by atoms with E-state index in [9.17, 15) is 18.0 Å². The molecule has 82 valence electrons. The number of aromatic nitrogens is 1. The molecule has 0 aliphatic rings. The Morgan fingerprint density at radius 2 is 2.13 bits per heavy atom. The van der Waals surface area contributed by atoms with E-state index in [-0.39, 0.29) is 5.75 Å². The van der Waals surface area contributed by atoms with E-state index in [1.54, 1.807) is 0 Å². The predicted octanol–water partition coefficient (Wildman–Crippen LogP) is 1.56. The zero-order chi connectivity index (χ0) is 11.5. The number of pyridine rings is 1. The van der Waals surface area contributed by atoms with Crippen molar-refractivity contribution in [3.05, 3.63) is 24.0 Å². The molecule has 1 aromatic rings. The lowest BCUT2D eigenvalue weighted by Crippen LogP contribution is -2.11. The van der Waals surface area contributed by atoms with Gasteiger partial charge in [0.2, 0.25) is 0 Å². The van der Waals surface area contributed by atoms with Crippen LogP contribution in [-0.2, 0) is 11.0 Å². The van der Waals surface area contributed by atoms with Gasteiger partial charge >= 0.3 is 12.1 Å². The van der Waals surface area contributed by atoms with Crippen LogP contribution >= 0.6 is 0 Å². The number of carboxylic acids is 1. The lowest BCUT2D eigenvalue weighted by atomic mass is 10.3. The number of halogens is 3. The van der Waals surface area contributed by atoms with Gasteiger partial charge in [0.15, 0.2) is 6.61 Å². The molecule has 0 saturated carbocycles. The Balaban J connectivity index is 2.69. The fraction of sp³-hybridized carbons (Fsp3) is 0.250. The molecule has 1 N–H and O–H groups in total. The minimum Gasteiger partial charge on any atom is -0.480 e. The first-order valence-electron chi connectivity index (χ1n) is 3.77. The van der Waals surface area contributed by atoms with E-state index in [1.807, 2.05) is 0 Å². The molecule has 0 unspecified atom stereocenters. The zero-order valence-electron chi connectivity index (χ0n) is 7.28. The Morgan fingerprint density at radius 3 is 2.53 bits per heavy atom. The van der Waals surface area contributed by atoms with Crippen LogP contribution in [0, 0.1) is 0 Å². The van der Waals surface area contributed by atoms with Crippen molar-refractivity contribution in [1.29, 1.82) is 0 Å². The molecule has 0 bridgehead atoms. The molecule has 0 aromatic carbocycles. The molecular weight excluding hydrogens is 215 g/mol. The van der Waals surface area contributed by atoms with Crippen molar-refractivity contribution in [3.63, 3.8) is 0 Å². The third-order valence-electron chi connectivity index (χ3n) is 1.39. The van der Waals surface area contributed by atoms with Crippen molar-refractivity contribution in [3.8, 4) is 5.75 Å². The molecule has 1 rings (SSSR count). The number of hydrogen-bond donors (Lipinski definition) is 1. The summed E-state index contributed by atoms with van der Waals surface area (Å²) in [5.41, 5.74) is -1.05. The van der Waals surface area contributed by atoms with Crippen LogP contribution in [0.1, 0.15) is 5.69 Å². The first-order valence-corrected chi connectivity index (χ1v) is 3.77. The number of aliphatic carboxylic acids is 1. The summed E-state index contributed by atoms with van der Waals surface area (Å²) in [6.07, 6.45) is -3.68. The molecular formula is C8H6F3NO3. The maximum absolute atomic E-state index is 12.0. The second kappa shape index (κ2) is 4.16. The molecule has 4 nitrogen and oxygen atoms in total. The molecule has 0 atom stereocenters. The Bertz CT molecular complexity index is 347. The number of rotatable bonds is 3. The maximum Gasteiger partial charge on any atom is 0.433 e. The SMILES string of the molecule is O=C(O)COc1ccc(C(F)(F)F)nc1. The van der Waals surface area contributed by atoms with Gasteiger partial charge in [0.05, 0.1) is 6.20 Å². The highest BCUT2D eigenvalue weighted by Gasteiger charge is 2.32. The highest BCUT2D eigenvalue weighted by molar-refractivity contribution is 5.68. The molecule has 7 heteroatoms.